The number of aryl methyl sites for hydroxylation is 2. The van der Waals surface area contributed by atoms with Gasteiger partial charge < -0.3 is 4.90 Å². The third-order valence-electron chi connectivity index (χ3n) is 4.14. The maximum absolute atomic E-state index is 12.4. The van der Waals surface area contributed by atoms with Gasteiger partial charge in [-0.15, -0.1) is 0 Å². The van der Waals surface area contributed by atoms with Crippen LogP contribution in [0.1, 0.15) is 25.3 Å². The van der Waals surface area contributed by atoms with Gasteiger partial charge in [-0.2, -0.15) is 5.10 Å². The van der Waals surface area contributed by atoms with E-state index in [0.717, 1.165) is 18.7 Å². The van der Waals surface area contributed by atoms with Crippen molar-refractivity contribution >= 4 is 21.4 Å². The molecule has 1 fully saturated rings. The van der Waals surface area contributed by atoms with Crippen LogP contribution in [-0.4, -0.2) is 31.3 Å². The first-order valence-corrected chi connectivity index (χ1v) is 9.39. The van der Waals surface area contributed by atoms with E-state index in [0.29, 0.717) is 12.2 Å². The molecule has 0 saturated carbocycles. The smallest absolute Gasteiger partial charge is 0.265 e. The third-order valence-corrected chi connectivity index (χ3v) is 5.48. The van der Waals surface area contributed by atoms with E-state index in [4.69, 9.17) is 0 Å². The lowest BCUT2D eigenvalue weighted by Crippen LogP contribution is -2.19. The topological polar surface area (TPSA) is 67.2 Å². The Morgan fingerprint density at radius 2 is 2.00 bits per heavy atom. The van der Waals surface area contributed by atoms with Gasteiger partial charge in [-0.05, 0) is 50.5 Å². The maximum Gasteiger partial charge on any atom is 0.265 e. The van der Waals surface area contributed by atoms with Crippen LogP contribution < -0.4 is 9.62 Å². The van der Waals surface area contributed by atoms with Gasteiger partial charge in [0.1, 0.15) is 4.90 Å². The predicted octanol–water partition coefficient (Wildman–Crippen LogP) is 2.61. The van der Waals surface area contributed by atoms with Crippen molar-refractivity contribution in [3.63, 3.8) is 0 Å². The predicted molar refractivity (Wildman–Crippen MR) is 91.3 cm³/mol. The highest BCUT2D eigenvalue weighted by Crippen LogP contribution is 2.27. The molecular weight excluding hydrogens is 312 g/mol. The van der Waals surface area contributed by atoms with Gasteiger partial charge in [0.2, 0.25) is 0 Å². The molecule has 1 aliphatic heterocycles. The van der Waals surface area contributed by atoms with Crippen molar-refractivity contribution < 1.29 is 8.42 Å². The van der Waals surface area contributed by atoms with Gasteiger partial charge in [0.15, 0.2) is 0 Å². The first-order valence-electron chi connectivity index (χ1n) is 7.90. The molecule has 0 unspecified atom stereocenters. The Morgan fingerprint density at radius 1 is 1.26 bits per heavy atom. The Morgan fingerprint density at radius 3 is 2.61 bits per heavy atom. The first-order chi connectivity index (χ1) is 11.0. The zero-order chi connectivity index (χ0) is 16.4. The molecule has 124 valence electrons. The van der Waals surface area contributed by atoms with Crippen molar-refractivity contribution in [2.45, 2.75) is 38.1 Å². The number of anilines is 2. The molecule has 2 aromatic rings. The van der Waals surface area contributed by atoms with Gasteiger partial charge in [-0.3, -0.25) is 9.40 Å². The van der Waals surface area contributed by atoms with Crippen LogP contribution in [-0.2, 0) is 16.6 Å². The summed E-state index contributed by atoms with van der Waals surface area (Å²) in [5.74, 6) is 0. The minimum Gasteiger partial charge on any atom is -0.371 e. The molecule has 1 aromatic heterocycles. The molecule has 23 heavy (non-hydrogen) atoms. The number of sulfonamides is 1. The lowest BCUT2D eigenvalue weighted by molar-refractivity contribution is 0.600. The van der Waals surface area contributed by atoms with Crippen molar-refractivity contribution in [3.8, 4) is 0 Å². The second-order valence-corrected chi connectivity index (χ2v) is 7.52. The van der Waals surface area contributed by atoms with Gasteiger partial charge in [0.25, 0.3) is 10.0 Å². The third kappa shape index (κ3) is 3.34. The van der Waals surface area contributed by atoms with Crippen molar-refractivity contribution in [2.24, 2.45) is 0 Å². The van der Waals surface area contributed by atoms with Crippen molar-refractivity contribution in [1.29, 1.82) is 0 Å². The summed E-state index contributed by atoms with van der Waals surface area (Å²) in [6.45, 7) is 6.71. The van der Waals surface area contributed by atoms with Crippen LogP contribution in [0.5, 0.6) is 0 Å². The average molecular weight is 334 g/mol. The van der Waals surface area contributed by atoms with Crippen LogP contribution >= 0.6 is 0 Å². The van der Waals surface area contributed by atoms with Gasteiger partial charge in [0, 0.05) is 37.2 Å². The maximum atomic E-state index is 12.4. The molecule has 0 bridgehead atoms. The van der Waals surface area contributed by atoms with E-state index in [1.54, 1.807) is 4.68 Å². The zero-order valence-electron chi connectivity index (χ0n) is 13.5. The summed E-state index contributed by atoms with van der Waals surface area (Å²) >= 11 is 0. The molecule has 6 nitrogen and oxygen atoms in total. The molecule has 0 spiro atoms. The monoisotopic (exact) mass is 334 g/mol. The zero-order valence-corrected chi connectivity index (χ0v) is 14.3. The van der Waals surface area contributed by atoms with Gasteiger partial charge in [-0.25, -0.2) is 8.42 Å². The second kappa shape index (κ2) is 6.23. The molecule has 0 amide bonds. The summed E-state index contributed by atoms with van der Waals surface area (Å²) in [6, 6.07) is 5.70. The van der Waals surface area contributed by atoms with Crippen LogP contribution in [0.25, 0.3) is 0 Å². The van der Waals surface area contributed by atoms with Crippen molar-refractivity contribution in [2.75, 3.05) is 22.7 Å². The van der Waals surface area contributed by atoms with Gasteiger partial charge >= 0.3 is 0 Å². The number of hydrogen-bond acceptors (Lipinski definition) is 4. The number of nitrogens with one attached hydrogen (secondary N) is 1. The average Bonchev–Trinajstić information content (AvgIpc) is 3.18. The van der Waals surface area contributed by atoms with E-state index in [9.17, 15) is 8.42 Å². The Hall–Kier alpha value is -2.02. The van der Waals surface area contributed by atoms with Crippen LogP contribution in [0.15, 0.2) is 35.5 Å². The summed E-state index contributed by atoms with van der Waals surface area (Å²) in [5.41, 5.74) is 2.84. The second-order valence-electron chi connectivity index (χ2n) is 5.83. The SMILES string of the molecule is CCn1cc(S(=O)(=O)Nc2ccc(N3CCCC3)c(C)c2)cn1. The molecule has 1 saturated heterocycles. The highest BCUT2D eigenvalue weighted by molar-refractivity contribution is 7.92. The number of rotatable bonds is 5. The minimum atomic E-state index is -3.60. The molecule has 3 rings (SSSR count). The fourth-order valence-electron chi connectivity index (χ4n) is 2.90. The summed E-state index contributed by atoms with van der Waals surface area (Å²) in [7, 11) is -3.60. The van der Waals surface area contributed by atoms with E-state index in [2.05, 4.69) is 14.7 Å². The number of benzene rings is 1. The summed E-state index contributed by atoms with van der Waals surface area (Å²) in [6.07, 6.45) is 5.34. The van der Waals surface area contributed by atoms with Crippen LogP contribution in [0.2, 0.25) is 0 Å². The summed E-state index contributed by atoms with van der Waals surface area (Å²) in [4.78, 5) is 2.53. The Kier molecular flexibility index (Phi) is 4.30. The van der Waals surface area contributed by atoms with Crippen LogP contribution in [0, 0.1) is 6.92 Å². The number of hydrogen-bond donors (Lipinski definition) is 1. The highest BCUT2D eigenvalue weighted by Gasteiger charge is 2.18. The van der Waals surface area contributed by atoms with Crippen molar-refractivity contribution in [1.82, 2.24) is 9.78 Å². The molecule has 1 aromatic carbocycles. The largest absolute Gasteiger partial charge is 0.371 e. The summed E-state index contributed by atoms with van der Waals surface area (Å²) < 4.78 is 29.0. The number of aromatic nitrogens is 2. The normalized spacial score (nSPS) is 15.1. The van der Waals surface area contributed by atoms with E-state index in [-0.39, 0.29) is 4.90 Å². The molecule has 1 N–H and O–H groups in total. The molecule has 0 aliphatic carbocycles. The lowest BCUT2D eigenvalue weighted by atomic mass is 10.1. The molecule has 2 heterocycles. The van der Waals surface area contributed by atoms with E-state index in [1.807, 2.05) is 32.0 Å². The summed E-state index contributed by atoms with van der Waals surface area (Å²) in [5, 5.41) is 4.02. The lowest BCUT2D eigenvalue weighted by Gasteiger charge is -2.20. The molecule has 1 aliphatic rings. The van der Waals surface area contributed by atoms with Crippen molar-refractivity contribution in [3.05, 3.63) is 36.2 Å². The number of nitrogens with zero attached hydrogens (tertiary/aromatic N) is 3. The Bertz CT molecular complexity index is 792. The Labute approximate surface area is 137 Å². The molecular formula is C16H22N4O2S. The van der Waals surface area contributed by atoms with Gasteiger partial charge in [-0.1, -0.05) is 0 Å². The van der Waals surface area contributed by atoms with Gasteiger partial charge in [0.05, 0.1) is 6.20 Å². The van der Waals surface area contributed by atoms with E-state index >= 15 is 0 Å². The van der Waals surface area contributed by atoms with Crippen LogP contribution in [0.4, 0.5) is 11.4 Å². The molecule has 0 atom stereocenters. The molecule has 7 heteroatoms. The first kappa shape index (κ1) is 15.9. The standard InChI is InChI=1S/C16H22N4O2S/c1-3-20-12-15(11-17-20)23(21,22)18-14-6-7-16(13(2)10-14)19-8-4-5-9-19/h6-7,10-12,18H,3-5,8-9H2,1-2H3. The fourth-order valence-corrected chi connectivity index (χ4v) is 3.90. The minimum absolute atomic E-state index is 0.181. The Balaban J connectivity index is 1.80. The highest BCUT2D eigenvalue weighted by atomic mass is 32.2. The molecule has 0 radical (unpaired) electrons. The van der Waals surface area contributed by atoms with E-state index < -0.39 is 10.0 Å². The quantitative estimate of drug-likeness (QED) is 0.913. The van der Waals surface area contributed by atoms with E-state index in [1.165, 1.54) is 30.9 Å². The van der Waals surface area contributed by atoms with Crippen LogP contribution in [0.3, 0.4) is 0 Å². The fraction of sp³-hybridized carbons (Fsp3) is 0.438.